The van der Waals surface area contributed by atoms with Crippen LogP contribution < -0.4 is 10.7 Å². The number of cyclic esters (lactones) is 1. The van der Waals surface area contributed by atoms with Gasteiger partial charge >= 0.3 is 12.0 Å². The lowest BCUT2D eigenvalue weighted by Gasteiger charge is -2.40. The number of carbonyl (C=O) groups is 4. The van der Waals surface area contributed by atoms with Crippen LogP contribution in [0.3, 0.4) is 0 Å². The van der Waals surface area contributed by atoms with Crippen LogP contribution in [0.5, 0.6) is 0 Å². The van der Waals surface area contributed by atoms with E-state index in [2.05, 4.69) is 60.3 Å². The molecule has 6 bridgehead atoms. The van der Waals surface area contributed by atoms with Gasteiger partial charge in [-0.2, -0.15) is 0 Å². The summed E-state index contributed by atoms with van der Waals surface area (Å²) < 4.78 is 19.8. The van der Waals surface area contributed by atoms with E-state index in [-0.39, 0.29) is 37.1 Å². The van der Waals surface area contributed by atoms with Crippen molar-refractivity contribution < 1.29 is 33.4 Å². The number of hydrazine groups is 1. The molecule has 2 saturated heterocycles. The lowest BCUT2D eigenvalue weighted by atomic mass is 9.84. The van der Waals surface area contributed by atoms with Crippen LogP contribution in [-0.4, -0.2) is 124 Å². The number of carbonyl (C=O) groups excluding carboxylic acids is 4. The summed E-state index contributed by atoms with van der Waals surface area (Å²) in [5, 5.41) is 8.18. The number of ether oxygens (including phenoxy) is 3. The number of morpholine rings is 1. The molecular formula is C46H62N8O7S. The van der Waals surface area contributed by atoms with Gasteiger partial charge in [-0.15, -0.1) is 11.3 Å². The number of aromatic nitrogens is 3. The van der Waals surface area contributed by atoms with Gasteiger partial charge in [0.2, 0.25) is 5.91 Å². The zero-order chi connectivity index (χ0) is 44.5. The van der Waals surface area contributed by atoms with Crippen molar-refractivity contribution in [2.75, 3.05) is 47.1 Å². The van der Waals surface area contributed by atoms with E-state index in [1.165, 1.54) is 21.2 Å². The zero-order valence-electron chi connectivity index (χ0n) is 37.5. The van der Waals surface area contributed by atoms with Crippen LogP contribution in [0.1, 0.15) is 83.7 Å². The van der Waals surface area contributed by atoms with E-state index >= 15 is 0 Å². The van der Waals surface area contributed by atoms with Crippen LogP contribution in [0.4, 0.5) is 4.79 Å². The van der Waals surface area contributed by atoms with Gasteiger partial charge in [-0.05, 0) is 75.8 Å². The monoisotopic (exact) mass is 870 g/mol. The molecule has 0 radical (unpaired) electrons. The third-order valence-corrected chi connectivity index (χ3v) is 13.3. The average molecular weight is 871 g/mol. The summed E-state index contributed by atoms with van der Waals surface area (Å²) in [5.74, 6) is -1.56. The Balaban J connectivity index is 1.29. The molecule has 6 heterocycles. The van der Waals surface area contributed by atoms with Crippen molar-refractivity contribution in [3.05, 3.63) is 58.2 Å². The molecule has 1 aromatic carbocycles. The molecule has 3 aliphatic rings. The van der Waals surface area contributed by atoms with Gasteiger partial charge in [0.15, 0.2) is 0 Å². The number of thiazole rings is 1. The van der Waals surface area contributed by atoms with Gasteiger partial charge in [-0.3, -0.25) is 24.4 Å². The highest BCUT2D eigenvalue weighted by Gasteiger charge is 2.39. The van der Waals surface area contributed by atoms with Crippen LogP contribution >= 0.6 is 11.3 Å². The van der Waals surface area contributed by atoms with Crippen LogP contribution in [-0.2, 0) is 48.0 Å². The Morgan fingerprint density at radius 1 is 1.16 bits per heavy atom. The number of amides is 4. The first kappa shape index (κ1) is 45.1. The lowest BCUT2D eigenvalue weighted by molar-refractivity contribution is -0.155. The fourth-order valence-electron chi connectivity index (χ4n) is 9.08. The van der Waals surface area contributed by atoms with Crippen LogP contribution in [0.25, 0.3) is 33.4 Å². The topological polar surface area (TPSA) is 160 Å². The fraction of sp³-hybridized carbons (Fsp3) is 0.565. The Kier molecular flexibility index (Phi) is 13.7. The van der Waals surface area contributed by atoms with E-state index in [1.54, 1.807) is 25.3 Å². The van der Waals surface area contributed by atoms with E-state index in [1.807, 2.05) is 39.1 Å². The summed E-state index contributed by atoms with van der Waals surface area (Å²) in [4.78, 5) is 69.6. The summed E-state index contributed by atoms with van der Waals surface area (Å²) in [7, 11) is 3.32. The molecule has 4 amide bonds. The average Bonchev–Trinajstić information content (AvgIpc) is 3.85. The van der Waals surface area contributed by atoms with Crippen molar-refractivity contribution in [1.82, 2.24) is 40.1 Å². The second kappa shape index (κ2) is 18.8. The first-order valence-electron chi connectivity index (χ1n) is 21.9. The molecule has 5 atom stereocenters. The molecule has 62 heavy (non-hydrogen) atoms. The maximum absolute atomic E-state index is 14.6. The molecule has 16 heteroatoms. The molecule has 1 unspecified atom stereocenters. The Hall–Kier alpha value is -4.90. The molecule has 0 saturated carbocycles. The Morgan fingerprint density at radius 2 is 1.95 bits per heavy atom. The second-order valence-electron chi connectivity index (χ2n) is 18.0. The SMILES string of the molecule is CCn1c(-c2cccnc2[C@H](C)OC)c2c3cc(ccc31)-c1csc(n1)C[C@H](NC(=O)C(C(C)C)N(C)C(=O)N1CCOC[C@@H]1C)C(=O)N1CCC[C@H](N1)C(=O)OCC(C)(C)C2. The zero-order valence-corrected chi connectivity index (χ0v) is 38.3. The molecule has 2 N–H and O–H groups in total. The van der Waals surface area contributed by atoms with Gasteiger partial charge in [0, 0.05) is 79.2 Å². The molecule has 3 aliphatic heterocycles. The van der Waals surface area contributed by atoms with Gasteiger partial charge in [0.05, 0.1) is 54.1 Å². The van der Waals surface area contributed by atoms with E-state index in [4.69, 9.17) is 24.2 Å². The quantitative estimate of drug-likeness (QED) is 0.201. The highest BCUT2D eigenvalue weighted by molar-refractivity contribution is 7.10. The number of pyridine rings is 1. The summed E-state index contributed by atoms with van der Waals surface area (Å²) in [5.41, 5.74) is 9.36. The van der Waals surface area contributed by atoms with Gasteiger partial charge in [-0.25, -0.2) is 15.2 Å². The predicted molar refractivity (Wildman–Crippen MR) is 238 cm³/mol. The van der Waals surface area contributed by atoms with Crippen molar-refractivity contribution in [1.29, 1.82) is 0 Å². The lowest BCUT2D eigenvalue weighted by Crippen LogP contribution is -2.63. The molecule has 3 aromatic heterocycles. The van der Waals surface area contributed by atoms with Crippen LogP contribution in [0, 0.1) is 11.3 Å². The minimum atomic E-state index is -1.05. The van der Waals surface area contributed by atoms with Crippen molar-refractivity contribution in [2.45, 2.75) is 111 Å². The number of urea groups is 1. The minimum Gasteiger partial charge on any atom is -0.464 e. The van der Waals surface area contributed by atoms with Crippen molar-refractivity contribution >= 4 is 46.1 Å². The molecule has 0 spiro atoms. The number of nitrogens with zero attached hydrogens (tertiary/aromatic N) is 6. The first-order chi connectivity index (χ1) is 29.6. The number of hydrogen-bond donors (Lipinski definition) is 2. The highest BCUT2D eigenvalue weighted by atomic mass is 32.1. The number of fused-ring (bicyclic) bond motifs is 6. The number of esters is 1. The summed E-state index contributed by atoms with van der Waals surface area (Å²) in [6.07, 6.45) is 3.28. The van der Waals surface area contributed by atoms with E-state index in [9.17, 15) is 19.2 Å². The maximum Gasteiger partial charge on any atom is 0.324 e. The highest BCUT2D eigenvalue weighted by Crippen LogP contribution is 2.42. The van der Waals surface area contributed by atoms with Gasteiger partial charge in [0.25, 0.3) is 5.91 Å². The van der Waals surface area contributed by atoms with Crippen LogP contribution in [0.2, 0.25) is 0 Å². The molecule has 7 rings (SSSR count). The van der Waals surface area contributed by atoms with E-state index in [0.717, 1.165) is 44.7 Å². The fourth-order valence-corrected chi connectivity index (χ4v) is 9.93. The van der Waals surface area contributed by atoms with Gasteiger partial charge < -0.3 is 33.9 Å². The van der Waals surface area contributed by atoms with Gasteiger partial charge in [-0.1, -0.05) is 33.8 Å². The number of rotatable bonds is 8. The number of likely N-dealkylation sites (N-methyl/N-ethyl adjacent to an activating group) is 1. The number of aryl methyl sites for hydroxylation is 1. The minimum absolute atomic E-state index is 0.102. The molecule has 0 aliphatic carbocycles. The third kappa shape index (κ3) is 9.24. The second-order valence-corrected chi connectivity index (χ2v) is 18.9. The summed E-state index contributed by atoms with van der Waals surface area (Å²) in [6.45, 7) is 16.5. The molecule has 15 nitrogen and oxygen atoms in total. The largest absolute Gasteiger partial charge is 0.464 e. The van der Waals surface area contributed by atoms with E-state index in [0.29, 0.717) is 57.1 Å². The molecular weight excluding hydrogens is 809 g/mol. The van der Waals surface area contributed by atoms with Crippen LogP contribution in [0.15, 0.2) is 41.9 Å². The number of hydrogen-bond acceptors (Lipinski definition) is 11. The Labute approximate surface area is 368 Å². The van der Waals surface area contributed by atoms with Crippen molar-refractivity contribution in [2.24, 2.45) is 11.3 Å². The standard InChI is InChI=1S/C46H62N8O7S/c1-10-52-37-16-15-30-21-32(37)33(41(52)31-13-11-17-47-39(31)29(5)59-9)23-46(6,7)26-61-44(57)34-14-12-18-54(50-34)43(56)35(22-38-48-36(30)25-62-38)49-42(55)40(27(2)3)51(8)45(58)53-19-20-60-24-28(53)4/h11,13,15-17,21,25,27-29,34-35,40,50H,10,12,14,18-20,22-24,26H2,1-9H3,(H,49,55)/t28-,29-,34-,35-,40?/m0/s1. The number of benzene rings is 1. The summed E-state index contributed by atoms with van der Waals surface area (Å²) in [6, 6.07) is 7.34. The smallest absolute Gasteiger partial charge is 0.324 e. The Morgan fingerprint density at radius 3 is 2.68 bits per heavy atom. The molecule has 2 fully saturated rings. The number of nitrogens with one attached hydrogen (secondary N) is 2. The maximum atomic E-state index is 14.6. The molecule has 334 valence electrons. The van der Waals surface area contributed by atoms with Gasteiger partial charge in [0.1, 0.15) is 18.1 Å². The van der Waals surface area contributed by atoms with Crippen molar-refractivity contribution in [3.63, 3.8) is 0 Å². The summed E-state index contributed by atoms with van der Waals surface area (Å²) >= 11 is 1.42. The predicted octanol–water partition coefficient (Wildman–Crippen LogP) is 6.00. The Bertz CT molecular complexity index is 2290. The van der Waals surface area contributed by atoms with E-state index < -0.39 is 41.3 Å². The third-order valence-electron chi connectivity index (χ3n) is 12.4. The number of methoxy groups -OCH3 is 1. The van der Waals surface area contributed by atoms with Crippen molar-refractivity contribution in [3.8, 4) is 22.5 Å². The normalized spacial score (nSPS) is 21.9. The molecule has 4 aromatic rings. The first-order valence-corrected chi connectivity index (χ1v) is 22.7.